The first-order valence-electron chi connectivity index (χ1n) is 9.48. The Morgan fingerprint density at radius 2 is 1.59 bits per heavy atom. The predicted octanol–water partition coefficient (Wildman–Crippen LogP) is 6.73. The van der Waals surface area contributed by atoms with Gasteiger partial charge in [0.25, 0.3) is 5.69 Å². The van der Waals surface area contributed by atoms with Crippen LogP contribution in [0.15, 0.2) is 78.9 Å². The number of rotatable bonds is 5. The molecule has 0 aliphatic heterocycles. The zero-order chi connectivity index (χ0) is 22.2. The minimum atomic E-state index is -0.701. The third-order valence-electron chi connectivity index (χ3n) is 4.93. The Morgan fingerprint density at radius 1 is 0.812 bits per heavy atom. The highest BCUT2D eigenvalue weighted by molar-refractivity contribution is 7.21. The summed E-state index contributed by atoms with van der Waals surface area (Å²) in [5.41, 5.74) is 1.12. The number of aromatic nitrogens is 1. The van der Waals surface area contributed by atoms with Gasteiger partial charge >= 0.3 is 5.69 Å². The zero-order valence-electron chi connectivity index (χ0n) is 16.3. The Kier molecular flexibility index (Phi) is 4.72. The maximum Gasteiger partial charge on any atom is 0.318 e. The Bertz CT molecular complexity index is 1500. The van der Waals surface area contributed by atoms with E-state index < -0.39 is 15.5 Å². The Labute approximate surface area is 184 Å². The van der Waals surface area contributed by atoms with E-state index in [1.807, 2.05) is 48.5 Å². The lowest BCUT2D eigenvalue weighted by Crippen LogP contribution is -1.96. The van der Waals surface area contributed by atoms with Gasteiger partial charge in [-0.25, -0.2) is 4.98 Å². The molecule has 32 heavy (non-hydrogen) atoms. The van der Waals surface area contributed by atoms with Gasteiger partial charge in [-0.2, -0.15) is 0 Å². The van der Waals surface area contributed by atoms with E-state index in [1.165, 1.54) is 12.1 Å². The van der Waals surface area contributed by atoms with Crippen LogP contribution in [0, 0.1) is 20.2 Å². The Morgan fingerprint density at radius 3 is 2.38 bits per heavy atom. The van der Waals surface area contributed by atoms with Crippen molar-refractivity contribution in [2.75, 3.05) is 0 Å². The number of non-ortho nitro benzene ring substituents is 1. The molecular formula is C23H13N3O5S. The number of fused-ring (bicyclic) bond motifs is 2. The molecule has 0 aliphatic carbocycles. The van der Waals surface area contributed by atoms with E-state index in [2.05, 4.69) is 0 Å². The normalized spacial score (nSPS) is 11.0. The molecule has 5 rings (SSSR count). The summed E-state index contributed by atoms with van der Waals surface area (Å²) < 4.78 is 6.82. The average molecular weight is 443 g/mol. The summed E-state index contributed by atoms with van der Waals surface area (Å²) >= 11 is 1.62. The molecule has 8 nitrogen and oxygen atoms in total. The predicted molar refractivity (Wildman–Crippen MR) is 122 cm³/mol. The molecule has 0 aliphatic rings. The fraction of sp³-hybridized carbons (Fsp3) is 0. The lowest BCUT2D eigenvalue weighted by Gasteiger charge is -2.08. The van der Waals surface area contributed by atoms with Crippen molar-refractivity contribution in [1.82, 2.24) is 4.98 Å². The molecule has 0 spiro atoms. The first-order valence-corrected chi connectivity index (χ1v) is 10.3. The van der Waals surface area contributed by atoms with Crippen molar-refractivity contribution in [2.45, 2.75) is 0 Å². The molecule has 4 aromatic carbocycles. The second-order valence-electron chi connectivity index (χ2n) is 6.98. The number of nitro benzene ring substituents is 2. The third-order valence-corrected chi connectivity index (χ3v) is 6.02. The van der Waals surface area contributed by atoms with Gasteiger partial charge < -0.3 is 4.74 Å². The summed E-state index contributed by atoms with van der Waals surface area (Å²) in [5.74, 6) is 0.327. The number of hydrogen-bond donors (Lipinski definition) is 0. The van der Waals surface area contributed by atoms with Crippen molar-refractivity contribution in [3.63, 3.8) is 0 Å². The largest absolute Gasteiger partial charge is 0.450 e. The molecule has 0 bridgehead atoms. The van der Waals surface area contributed by atoms with Crippen molar-refractivity contribution in [3.05, 3.63) is 99.1 Å². The van der Waals surface area contributed by atoms with Gasteiger partial charge in [0.05, 0.1) is 26.1 Å². The van der Waals surface area contributed by atoms with E-state index in [0.717, 1.165) is 37.6 Å². The van der Waals surface area contributed by atoms with Crippen molar-refractivity contribution in [3.8, 4) is 22.1 Å². The molecule has 0 fully saturated rings. The van der Waals surface area contributed by atoms with E-state index in [1.54, 1.807) is 23.5 Å². The second kappa shape index (κ2) is 7.71. The number of hydrogen-bond acceptors (Lipinski definition) is 7. The number of benzene rings is 4. The van der Waals surface area contributed by atoms with Gasteiger partial charge in [-0.05, 0) is 47.2 Å². The zero-order valence-corrected chi connectivity index (χ0v) is 17.1. The SMILES string of the molecule is O=[N+]([O-])c1ccc(Oc2ccc3cc(-c4nc5ccccc5s4)ccc3c2)c([N+](=O)[O-])c1. The molecule has 1 heterocycles. The second-order valence-corrected chi connectivity index (χ2v) is 8.01. The summed E-state index contributed by atoms with van der Waals surface area (Å²) in [7, 11) is 0. The van der Waals surface area contributed by atoms with Gasteiger partial charge in [0, 0.05) is 11.6 Å². The lowest BCUT2D eigenvalue weighted by atomic mass is 10.1. The van der Waals surface area contributed by atoms with Crippen LogP contribution in [-0.2, 0) is 0 Å². The molecule has 0 radical (unpaired) electrons. The molecule has 0 amide bonds. The van der Waals surface area contributed by atoms with Crippen LogP contribution < -0.4 is 4.74 Å². The first kappa shape index (κ1) is 19.6. The maximum atomic E-state index is 11.3. The van der Waals surface area contributed by atoms with Gasteiger partial charge in [-0.3, -0.25) is 20.2 Å². The van der Waals surface area contributed by atoms with Crippen molar-refractivity contribution in [1.29, 1.82) is 0 Å². The van der Waals surface area contributed by atoms with Gasteiger partial charge in [-0.1, -0.05) is 30.3 Å². The van der Waals surface area contributed by atoms with Gasteiger partial charge in [-0.15, -0.1) is 11.3 Å². The topological polar surface area (TPSA) is 108 Å². The van der Waals surface area contributed by atoms with Crippen molar-refractivity contribution < 1.29 is 14.6 Å². The molecule has 0 atom stereocenters. The van der Waals surface area contributed by atoms with Gasteiger partial charge in [0.1, 0.15) is 10.8 Å². The van der Waals surface area contributed by atoms with E-state index in [-0.39, 0.29) is 11.4 Å². The number of thiazole rings is 1. The quantitative estimate of drug-likeness (QED) is 0.220. The van der Waals surface area contributed by atoms with Crippen LogP contribution in [0.3, 0.4) is 0 Å². The molecule has 0 saturated carbocycles. The first-order chi connectivity index (χ1) is 15.5. The van der Waals surface area contributed by atoms with Gasteiger partial charge in [0.2, 0.25) is 5.75 Å². The fourth-order valence-corrected chi connectivity index (χ4v) is 4.35. The monoisotopic (exact) mass is 443 g/mol. The Balaban J connectivity index is 1.47. The molecule has 0 N–H and O–H groups in total. The van der Waals surface area contributed by atoms with Crippen LogP contribution in [0.25, 0.3) is 31.6 Å². The number of para-hydroxylation sites is 1. The number of nitro groups is 2. The van der Waals surface area contributed by atoms with Crippen molar-refractivity contribution >= 4 is 43.7 Å². The summed E-state index contributed by atoms with van der Waals surface area (Å²) in [5, 5.41) is 25.0. The molecule has 0 unspecified atom stereocenters. The molecule has 5 aromatic rings. The van der Waals surface area contributed by atoms with Crippen LogP contribution in [0.5, 0.6) is 11.5 Å². The molecule has 156 valence electrons. The van der Waals surface area contributed by atoms with Crippen LogP contribution in [0.1, 0.15) is 0 Å². The number of ether oxygens (including phenoxy) is 1. The summed E-state index contributed by atoms with van der Waals surface area (Å²) in [6.07, 6.45) is 0. The van der Waals surface area contributed by atoms with E-state index in [9.17, 15) is 20.2 Å². The van der Waals surface area contributed by atoms with Crippen LogP contribution in [-0.4, -0.2) is 14.8 Å². The van der Waals surface area contributed by atoms with Crippen LogP contribution >= 0.6 is 11.3 Å². The maximum absolute atomic E-state index is 11.3. The van der Waals surface area contributed by atoms with E-state index >= 15 is 0 Å². The van der Waals surface area contributed by atoms with Crippen LogP contribution in [0.2, 0.25) is 0 Å². The fourth-order valence-electron chi connectivity index (χ4n) is 3.39. The highest BCUT2D eigenvalue weighted by Crippen LogP contribution is 2.36. The highest BCUT2D eigenvalue weighted by Gasteiger charge is 2.21. The minimum absolute atomic E-state index is 0.0638. The van der Waals surface area contributed by atoms with Crippen molar-refractivity contribution in [2.24, 2.45) is 0 Å². The summed E-state index contributed by atoms with van der Waals surface area (Å²) in [4.78, 5) is 25.6. The van der Waals surface area contributed by atoms with E-state index in [4.69, 9.17) is 9.72 Å². The summed E-state index contributed by atoms with van der Waals surface area (Å²) in [6.45, 7) is 0. The average Bonchev–Trinajstić information content (AvgIpc) is 3.23. The molecule has 1 aromatic heterocycles. The smallest absolute Gasteiger partial charge is 0.318 e. The van der Waals surface area contributed by atoms with Crippen LogP contribution in [0.4, 0.5) is 11.4 Å². The van der Waals surface area contributed by atoms with Gasteiger partial charge in [0.15, 0.2) is 0 Å². The summed E-state index contributed by atoms with van der Waals surface area (Å²) in [6, 6.07) is 22.5. The standard InChI is InChI=1S/C23H13N3O5S/c27-25(28)17-8-10-21(20(13-17)26(29)30)31-18-9-7-14-11-16(6-5-15(14)12-18)23-24-19-3-1-2-4-22(19)32-23/h1-13H. The third kappa shape index (κ3) is 3.61. The molecule has 0 saturated heterocycles. The van der Waals surface area contributed by atoms with E-state index in [0.29, 0.717) is 5.75 Å². The molecular weight excluding hydrogens is 430 g/mol. The highest BCUT2D eigenvalue weighted by atomic mass is 32.1. The minimum Gasteiger partial charge on any atom is -0.450 e. The number of nitrogens with zero attached hydrogens (tertiary/aromatic N) is 3. The molecule has 9 heteroatoms. The Hall–Kier alpha value is -4.37. The lowest BCUT2D eigenvalue weighted by molar-refractivity contribution is -0.394.